The first-order valence-electron chi connectivity index (χ1n) is 7.59. The van der Waals surface area contributed by atoms with Crippen LogP contribution in [0.3, 0.4) is 0 Å². The Labute approximate surface area is 120 Å². The van der Waals surface area contributed by atoms with Gasteiger partial charge in [0.25, 0.3) is 0 Å². The van der Waals surface area contributed by atoms with E-state index in [4.69, 9.17) is 9.47 Å². The topological polar surface area (TPSA) is 21.7 Å². The minimum absolute atomic E-state index is 0.703. The van der Waals surface area contributed by atoms with Crippen LogP contribution in [0.2, 0.25) is 0 Å². The van der Waals surface area contributed by atoms with Gasteiger partial charge in [-0.1, -0.05) is 52.0 Å². The van der Waals surface area contributed by atoms with E-state index < -0.39 is 0 Å². The van der Waals surface area contributed by atoms with Crippen molar-refractivity contribution in [1.29, 1.82) is 0 Å². The van der Waals surface area contributed by atoms with Gasteiger partial charge in [-0.15, -0.1) is 0 Å². The van der Waals surface area contributed by atoms with Crippen LogP contribution in [-0.4, -0.2) is 51.0 Å². The van der Waals surface area contributed by atoms with Crippen LogP contribution in [0.15, 0.2) is 24.3 Å². The Kier molecular flexibility index (Phi) is 21.4. The van der Waals surface area contributed by atoms with E-state index in [0.717, 1.165) is 39.5 Å². The highest BCUT2D eigenvalue weighted by atomic mass is 16.5. The zero-order valence-electron chi connectivity index (χ0n) is 13.5. The Morgan fingerprint density at radius 1 is 1.05 bits per heavy atom. The molecule has 3 heteroatoms. The lowest BCUT2D eigenvalue weighted by Gasteiger charge is -2.26. The van der Waals surface area contributed by atoms with Gasteiger partial charge in [-0.2, -0.15) is 0 Å². The molecule has 0 atom stereocenters. The molecule has 0 amide bonds. The third-order valence-corrected chi connectivity index (χ3v) is 2.31. The molecule has 1 saturated heterocycles. The molecule has 114 valence electrons. The third-order valence-electron chi connectivity index (χ3n) is 2.31. The van der Waals surface area contributed by atoms with Crippen molar-refractivity contribution in [2.75, 3.05) is 46.1 Å². The molecule has 0 aromatic carbocycles. The number of hydrogen-bond acceptors (Lipinski definition) is 3. The maximum atomic E-state index is 5.48. The van der Waals surface area contributed by atoms with Crippen LogP contribution in [-0.2, 0) is 9.47 Å². The van der Waals surface area contributed by atoms with Gasteiger partial charge in [0.1, 0.15) is 0 Å². The smallest absolute Gasteiger partial charge is 0.0651 e. The fraction of sp³-hybridized carbons (Fsp3) is 0.750. The van der Waals surface area contributed by atoms with Crippen molar-refractivity contribution in [3.63, 3.8) is 0 Å². The molecule has 0 aromatic heterocycles. The van der Waals surface area contributed by atoms with Crippen molar-refractivity contribution in [1.82, 2.24) is 4.90 Å². The first kappa shape index (κ1) is 20.7. The van der Waals surface area contributed by atoms with Crippen molar-refractivity contribution in [2.45, 2.75) is 34.6 Å². The Bertz CT molecular complexity index is 197. The number of allylic oxidation sites excluding steroid dienone is 3. The van der Waals surface area contributed by atoms with Crippen molar-refractivity contribution in [2.24, 2.45) is 0 Å². The summed E-state index contributed by atoms with van der Waals surface area (Å²) in [5.41, 5.74) is 0. The summed E-state index contributed by atoms with van der Waals surface area (Å²) in [6, 6.07) is 0. The molecule has 1 rings (SSSR count). The highest BCUT2D eigenvalue weighted by Gasteiger charge is 2.08. The molecule has 19 heavy (non-hydrogen) atoms. The van der Waals surface area contributed by atoms with E-state index in [1.165, 1.54) is 0 Å². The van der Waals surface area contributed by atoms with Crippen molar-refractivity contribution in [3.8, 4) is 0 Å². The summed E-state index contributed by atoms with van der Waals surface area (Å²) in [6.07, 6.45) is 8.05. The highest BCUT2D eigenvalue weighted by Crippen LogP contribution is 1.95. The highest BCUT2D eigenvalue weighted by molar-refractivity contribution is 5.00. The van der Waals surface area contributed by atoms with Gasteiger partial charge >= 0.3 is 0 Å². The van der Waals surface area contributed by atoms with Gasteiger partial charge in [-0.25, -0.2) is 0 Å². The average molecular weight is 271 g/mol. The van der Waals surface area contributed by atoms with E-state index in [1.54, 1.807) is 0 Å². The van der Waals surface area contributed by atoms with E-state index in [1.807, 2.05) is 58.9 Å². The van der Waals surface area contributed by atoms with Crippen LogP contribution in [0.4, 0.5) is 0 Å². The van der Waals surface area contributed by atoms with Gasteiger partial charge in [0.2, 0.25) is 0 Å². The summed E-state index contributed by atoms with van der Waals surface area (Å²) < 4.78 is 10.7. The summed E-state index contributed by atoms with van der Waals surface area (Å²) in [6.45, 7) is 16.3. The molecule has 1 heterocycles. The standard InChI is InChI=1S/C12H21NO2.2C2H6/c1-2-3-4-5-9-14-10-6-13-7-11-15-12-8-13;2*1-2/h2-5H,6-12H2,1H3;2*1-2H3/b3-2-,5-4-;;. The van der Waals surface area contributed by atoms with E-state index in [0.29, 0.717) is 6.61 Å². The Morgan fingerprint density at radius 2 is 1.68 bits per heavy atom. The number of morpholine rings is 1. The van der Waals surface area contributed by atoms with Gasteiger partial charge in [0, 0.05) is 19.6 Å². The molecule has 0 aromatic rings. The molecule has 0 aliphatic carbocycles. The largest absolute Gasteiger partial charge is 0.379 e. The molecular formula is C16H33NO2. The summed E-state index contributed by atoms with van der Waals surface area (Å²) in [5.74, 6) is 0. The van der Waals surface area contributed by atoms with Crippen LogP contribution in [0, 0.1) is 0 Å². The quantitative estimate of drug-likeness (QED) is 0.545. The van der Waals surface area contributed by atoms with E-state index >= 15 is 0 Å². The summed E-state index contributed by atoms with van der Waals surface area (Å²) in [4.78, 5) is 2.37. The van der Waals surface area contributed by atoms with Gasteiger partial charge < -0.3 is 9.47 Å². The fourth-order valence-electron chi connectivity index (χ4n) is 1.42. The van der Waals surface area contributed by atoms with E-state index in [2.05, 4.69) is 4.90 Å². The molecule has 1 aliphatic rings. The molecule has 0 radical (unpaired) electrons. The van der Waals surface area contributed by atoms with Gasteiger partial charge in [-0.05, 0) is 6.92 Å². The van der Waals surface area contributed by atoms with Gasteiger partial charge in [0.15, 0.2) is 0 Å². The Hall–Kier alpha value is -0.640. The molecule has 0 unspecified atom stereocenters. The normalized spacial score (nSPS) is 15.8. The van der Waals surface area contributed by atoms with Crippen LogP contribution < -0.4 is 0 Å². The van der Waals surface area contributed by atoms with Crippen molar-refractivity contribution in [3.05, 3.63) is 24.3 Å². The SMILES string of the molecule is C/C=C\C=C/COCCN1CCOCC1.CC.CC. The lowest BCUT2D eigenvalue weighted by molar-refractivity contribution is 0.0234. The second kappa shape index (κ2) is 19.7. The Balaban J connectivity index is 0. The number of ether oxygens (including phenoxy) is 2. The second-order valence-corrected chi connectivity index (χ2v) is 3.48. The fourth-order valence-corrected chi connectivity index (χ4v) is 1.42. The minimum atomic E-state index is 0.703. The monoisotopic (exact) mass is 271 g/mol. The van der Waals surface area contributed by atoms with E-state index in [9.17, 15) is 0 Å². The van der Waals surface area contributed by atoms with Crippen LogP contribution in [0.5, 0.6) is 0 Å². The maximum Gasteiger partial charge on any atom is 0.0651 e. The van der Waals surface area contributed by atoms with Gasteiger partial charge in [0.05, 0.1) is 26.4 Å². The predicted octanol–water partition coefficient (Wildman–Crippen LogP) is 3.52. The molecule has 0 N–H and O–H groups in total. The third kappa shape index (κ3) is 15.3. The average Bonchev–Trinajstić information content (AvgIpc) is 2.51. The number of nitrogens with zero attached hydrogens (tertiary/aromatic N) is 1. The summed E-state index contributed by atoms with van der Waals surface area (Å²) in [7, 11) is 0. The second-order valence-electron chi connectivity index (χ2n) is 3.48. The van der Waals surface area contributed by atoms with Gasteiger partial charge in [-0.3, -0.25) is 4.90 Å². The number of hydrogen-bond donors (Lipinski definition) is 0. The molecule has 1 fully saturated rings. The zero-order valence-corrected chi connectivity index (χ0v) is 13.5. The molecule has 0 bridgehead atoms. The van der Waals surface area contributed by atoms with Crippen LogP contribution >= 0.6 is 0 Å². The molecule has 0 saturated carbocycles. The lowest BCUT2D eigenvalue weighted by Crippen LogP contribution is -2.38. The Morgan fingerprint density at radius 3 is 2.26 bits per heavy atom. The van der Waals surface area contributed by atoms with Crippen molar-refractivity contribution < 1.29 is 9.47 Å². The summed E-state index contributed by atoms with van der Waals surface area (Å²) >= 11 is 0. The predicted molar refractivity (Wildman–Crippen MR) is 84.7 cm³/mol. The molecule has 1 aliphatic heterocycles. The lowest BCUT2D eigenvalue weighted by atomic mass is 10.4. The number of rotatable bonds is 6. The maximum absolute atomic E-state index is 5.48. The molecular weight excluding hydrogens is 238 g/mol. The van der Waals surface area contributed by atoms with Crippen molar-refractivity contribution >= 4 is 0 Å². The van der Waals surface area contributed by atoms with Crippen LogP contribution in [0.25, 0.3) is 0 Å². The molecule has 3 nitrogen and oxygen atoms in total. The zero-order chi connectivity index (χ0) is 14.8. The first-order chi connectivity index (χ1) is 9.43. The van der Waals surface area contributed by atoms with Crippen LogP contribution in [0.1, 0.15) is 34.6 Å². The van der Waals surface area contributed by atoms with E-state index in [-0.39, 0.29) is 0 Å². The first-order valence-corrected chi connectivity index (χ1v) is 7.59. The molecule has 0 spiro atoms. The summed E-state index contributed by atoms with van der Waals surface area (Å²) in [5, 5.41) is 0. The minimum Gasteiger partial charge on any atom is -0.379 e.